The van der Waals surface area contributed by atoms with Crippen molar-refractivity contribution in [2.45, 2.75) is 12.8 Å². The molecule has 1 rings (SSSR count). The predicted molar refractivity (Wildman–Crippen MR) is 42.0 cm³/mol. The molecule has 1 aliphatic heterocycles. The quantitative estimate of drug-likeness (QED) is 0.427. The molecule has 0 aromatic heterocycles. The van der Waals surface area contributed by atoms with Crippen molar-refractivity contribution in [3.05, 3.63) is 0 Å². The molecule has 1 fully saturated rings. The van der Waals surface area contributed by atoms with Gasteiger partial charge < -0.3 is 5.73 Å². The molecule has 9 heavy (non-hydrogen) atoms. The zero-order valence-electron chi connectivity index (χ0n) is 5.39. The Morgan fingerprint density at radius 3 is 2.78 bits per heavy atom. The topological polar surface area (TPSA) is 49.9 Å². The molecule has 3 N–H and O–H groups in total. The molecule has 0 aliphatic carbocycles. The van der Waals surface area contributed by atoms with Crippen molar-refractivity contribution in [1.29, 1.82) is 5.41 Å². The minimum absolute atomic E-state index is 0.377. The fourth-order valence-corrected chi connectivity index (χ4v) is 2.15. The highest BCUT2D eigenvalue weighted by molar-refractivity contribution is 7.99. The third kappa shape index (κ3) is 1.90. The van der Waals surface area contributed by atoms with Gasteiger partial charge >= 0.3 is 0 Å². The van der Waals surface area contributed by atoms with E-state index in [1.165, 1.54) is 12.2 Å². The summed E-state index contributed by atoms with van der Waals surface area (Å²) in [4.78, 5) is 0. The van der Waals surface area contributed by atoms with Crippen LogP contribution in [-0.2, 0) is 0 Å². The lowest BCUT2D eigenvalue weighted by Gasteiger charge is -2.19. The van der Waals surface area contributed by atoms with Crippen LogP contribution in [0.5, 0.6) is 0 Å². The Labute approximate surface area is 59.7 Å². The molecule has 1 aliphatic rings. The van der Waals surface area contributed by atoms with E-state index in [4.69, 9.17) is 11.1 Å². The van der Waals surface area contributed by atoms with Crippen LogP contribution in [-0.4, -0.2) is 17.3 Å². The van der Waals surface area contributed by atoms with E-state index in [1.807, 2.05) is 11.8 Å². The zero-order chi connectivity index (χ0) is 6.69. The Hall–Kier alpha value is -0.180. The second kappa shape index (κ2) is 3.11. The second-order valence-electron chi connectivity index (χ2n) is 2.37. The summed E-state index contributed by atoms with van der Waals surface area (Å²) < 4.78 is 0. The lowest BCUT2D eigenvalue weighted by Crippen LogP contribution is -2.26. The van der Waals surface area contributed by atoms with Crippen LogP contribution in [0.1, 0.15) is 12.8 Å². The normalized spacial score (nSPS) is 27.8. The van der Waals surface area contributed by atoms with Crippen LogP contribution < -0.4 is 5.73 Å². The van der Waals surface area contributed by atoms with E-state index in [2.05, 4.69) is 0 Å². The molecule has 0 saturated carbocycles. The lowest BCUT2D eigenvalue weighted by molar-refractivity contribution is 0.654. The second-order valence-corrected chi connectivity index (χ2v) is 3.52. The standard InChI is InChI=1S/C6H12N2S/c7-6(8)5-2-1-3-9-4-5/h5H,1-4H2,(H3,7,8). The highest BCUT2D eigenvalue weighted by Gasteiger charge is 2.15. The maximum absolute atomic E-state index is 7.15. The molecule has 2 nitrogen and oxygen atoms in total. The first kappa shape index (κ1) is 6.93. The molecule has 52 valence electrons. The van der Waals surface area contributed by atoms with E-state index in [0.29, 0.717) is 11.8 Å². The Morgan fingerprint density at radius 1 is 1.67 bits per heavy atom. The van der Waals surface area contributed by atoms with Gasteiger partial charge in [0.05, 0.1) is 5.84 Å². The molecular formula is C6H12N2S. The summed E-state index contributed by atoms with van der Waals surface area (Å²) in [6.07, 6.45) is 2.36. The molecule has 1 heterocycles. The Bertz CT molecular complexity index is 108. The summed E-state index contributed by atoms with van der Waals surface area (Å²) in [6, 6.07) is 0. The third-order valence-corrected chi connectivity index (χ3v) is 2.82. The van der Waals surface area contributed by atoms with Crippen LogP contribution in [0, 0.1) is 11.3 Å². The highest BCUT2D eigenvalue weighted by atomic mass is 32.2. The van der Waals surface area contributed by atoms with Gasteiger partial charge in [-0.3, -0.25) is 5.41 Å². The van der Waals surface area contributed by atoms with E-state index >= 15 is 0 Å². The number of amidine groups is 1. The molecule has 0 amide bonds. The summed E-state index contributed by atoms with van der Waals surface area (Å²) in [6.45, 7) is 0. The Kier molecular flexibility index (Phi) is 2.39. The smallest absolute Gasteiger partial charge is 0.0945 e. The largest absolute Gasteiger partial charge is 0.387 e. The van der Waals surface area contributed by atoms with E-state index in [1.54, 1.807) is 0 Å². The van der Waals surface area contributed by atoms with Crippen LogP contribution >= 0.6 is 11.8 Å². The van der Waals surface area contributed by atoms with Crippen LogP contribution in [0.3, 0.4) is 0 Å². The van der Waals surface area contributed by atoms with Crippen molar-refractivity contribution in [3.63, 3.8) is 0 Å². The van der Waals surface area contributed by atoms with Gasteiger partial charge in [0.15, 0.2) is 0 Å². The zero-order valence-corrected chi connectivity index (χ0v) is 6.21. The van der Waals surface area contributed by atoms with Crippen LogP contribution in [0.15, 0.2) is 0 Å². The molecule has 0 spiro atoms. The fraction of sp³-hybridized carbons (Fsp3) is 0.833. The molecule has 3 heteroatoms. The molecule has 1 unspecified atom stereocenters. The van der Waals surface area contributed by atoms with E-state index in [-0.39, 0.29) is 0 Å². The van der Waals surface area contributed by atoms with Gasteiger partial charge in [-0.2, -0.15) is 11.8 Å². The van der Waals surface area contributed by atoms with Gasteiger partial charge in [-0.1, -0.05) is 0 Å². The number of thioether (sulfide) groups is 1. The van der Waals surface area contributed by atoms with E-state index in [9.17, 15) is 0 Å². The van der Waals surface area contributed by atoms with Gasteiger partial charge in [-0.15, -0.1) is 0 Å². The monoisotopic (exact) mass is 144 g/mol. The number of nitrogens with one attached hydrogen (secondary N) is 1. The van der Waals surface area contributed by atoms with Gasteiger partial charge in [-0.05, 0) is 18.6 Å². The number of nitrogens with two attached hydrogens (primary N) is 1. The fourth-order valence-electron chi connectivity index (χ4n) is 0.986. The van der Waals surface area contributed by atoms with Gasteiger partial charge in [-0.25, -0.2) is 0 Å². The maximum Gasteiger partial charge on any atom is 0.0945 e. The number of rotatable bonds is 1. The minimum Gasteiger partial charge on any atom is -0.387 e. The number of hydrogen-bond donors (Lipinski definition) is 2. The molecule has 0 bridgehead atoms. The Balaban J connectivity index is 2.31. The van der Waals surface area contributed by atoms with Gasteiger partial charge in [0.1, 0.15) is 0 Å². The SMILES string of the molecule is N=C(N)C1CCCSC1. The van der Waals surface area contributed by atoms with Gasteiger partial charge in [0, 0.05) is 11.7 Å². The summed E-state index contributed by atoms with van der Waals surface area (Å²) in [5.41, 5.74) is 5.34. The van der Waals surface area contributed by atoms with Crippen LogP contribution in [0.2, 0.25) is 0 Å². The average Bonchev–Trinajstić information content (AvgIpc) is 1.90. The first-order valence-electron chi connectivity index (χ1n) is 3.22. The van der Waals surface area contributed by atoms with Crippen molar-refractivity contribution < 1.29 is 0 Å². The maximum atomic E-state index is 7.15. The van der Waals surface area contributed by atoms with Crippen LogP contribution in [0.25, 0.3) is 0 Å². The molecule has 0 aromatic carbocycles. The van der Waals surface area contributed by atoms with Crippen molar-refractivity contribution in [2.24, 2.45) is 11.7 Å². The van der Waals surface area contributed by atoms with Crippen molar-refractivity contribution in [1.82, 2.24) is 0 Å². The molecular weight excluding hydrogens is 132 g/mol. The van der Waals surface area contributed by atoms with Crippen molar-refractivity contribution in [2.75, 3.05) is 11.5 Å². The predicted octanol–water partition coefficient (Wildman–Crippen LogP) is 1.07. The molecule has 0 aromatic rings. The summed E-state index contributed by atoms with van der Waals surface area (Å²) >= 11 is 1.91. The first-order valence-corrected chi connectivity index (χ1v) is 4.38. The van der Waals surface area contributed by atoms with E-state index < -0.39 is 0 Å². The average molecular weight is 144 g/mol. The molecule has 1 saturated heterocycles. The summed E-state index contributed by atoms with van der Waals surface area (Å²) in [7, 11) is 0. The van der Waals surface area contributed by atoms with Crippen molar-refractivity contribution in [3.8, 4) is 0 Å². The van der Waals surface area contributed by atoms with Gasteiger partial charge in [0.2, 0.25) is 0 Å². The number of hydrogen-bond acceptors (Lipinski definition) is 2. The van der Waals surface area contributed by atoms with Crippen molar-refractivity contribution >= 4 is 17.6 Å². The molecule has 0 radical (unpaired) electrons. The third-order valence-electron chi connectivity index (χ3n) is 1.60. The molecule has 1 atom stereocenters. The first-order chi connectivity index (χ1) is 4.30. The Morgan fingerprint density at radius 2 is 2.44 bits per heavy atom. The summed E-state index contributed by atoms with van der Waals surface area (Å²) in [5.74, 6) is 3.07. The van der Waals surface area contributed by atoms with E-state index in [0.717, 1.165) is 12.2 Å². The van der Waals surface area contributed by atoms with Gasteiger partial charge in [0.25, 0.3) is 0 Å². The lowest BCUT2D eigenvalue weighted by atomic mass is 10.1. The van der Waals surface area contributed by atoms with Crippen LogP contribution in [0.4, 0.5) is 0 Å². The summed E-state index contributed by atoms with van der Waals surface area (Å²) in [5, 5.41) is 7.15. The highest BCUT2D eigenvalue weighted by Crippen LogP contribution is 2.21. The minimum atomic E-state index is 0.377.